The molecule has 0 aliphatic carbocycles. The number of benzene rings is 1. The van der Waals surface area contributed by atoms with Crippen LogP contribution < -0.4 is 4.74 Å². The largest absolute Gasteiger partial charge is 0.491 e. The zero-order valence-corrected chi connectivity index (χ0v) is 12.1. The fourth-order valence-corrected chi connectivity index (χ4v) is 2.54. The molecule has 2 heterocycles. The highest BCUT2D eigenvalue weighted by Gasteiger charge is 2.28. The average Bonchev–Trinajstić information content (AvgIpc) is 2.88. The minimum Gasteiger partial charge on any atom is -0.491 e. The number of nitrogens with zero attached hydrogens (tertiary/aromatic N) is 3. The van der Waals surface area contributed by atoms with Crippen LogP contribution in [0.2, 0.25) is 0 Å². The van der Waals surface area contributed by atoms with Crippen LogP contribution in [0, 0.1) is 0 Å². The lowest BCUT2D eigenvalue weighted by Gasteiger charge is -2.39. The minimum atomic E-state index is 0.228. The molecule has 1 fully saturated rings. The van der Waals surface area contributed by atoms with E-state index in [1.165, 1.54) is 5.56 Å². The number of rotatable bonds is 5. The zero-order chi connectivity index (χ0) is 13.9. The molecule has 1 saturated heterocycles. The van der Waals surface area contributed by atoms with Gasteiger partial charge in [-0.2, -0.15) is 5.10 Å². The van der Waals surface area contributed by atoms with Crippen molar-refractivity contribution in [3.8, 4) is 5.75 Å². The Morgan fingerprint density at radius 2 is 2.00 bits per heavy atom. The molecule has 1 aliphatic heterocycles. The molecule has 1 aromatic heterocycles. The Hall–Kier alpha value is -1.81. The molecule has 0 saturated carbocycles. The third-order valence-electron chi connectivity index (χ3n) is 3.54. The summed E-state index contributed by atoms with van der Waals surface area (Å²) in [6, 6.07) is 10.9. The second-order valence-electron chi connectivity index (χ2n) is 5.64. The summed E-state index contributed by atoms with van der Waals surface area (Å²) in [5.74, 6) is 0.946. The third kappa shape index (κ3) is 3.02. The summed E-state index contributed by atoms with van der Waals surface area (Å²) in [5.41, 5.74) is 1.33. The first-order valence-corrected chi connectivity index (χ1v) is 7.18. The van der Waals surface area contributed by atoms with E-state index in [2.05, 4.69) is 38.9 Å². The molecule has 0 N–H and O–H groups in total. The average molecular weight is 271 g/mol. The van der Waals surface area contributed by atoms with E-state index in [0.29, 0.717) is 6.04 Å². The van der Waals surface area contributed by atoms with Crippen LogP contribution in [0.3, 0.4) is 0 Å². The zero-order valence-electron chi connectivity index (χ0n) is 12.1. The van der Waals surface area contributed by atoms with E-state index in [4.69, 9.17) is 4.74 Å². The van der Waals surface area contributed by atoms with Crippen molar-refractivity contribution >= 4 is 0 Å². The number of ether oxygens (including phenoxy) is 1. The Morgan fingerprint density at radius 1 is 1.25 bits per heavy atom. The first kappa shape index (κ1) is 13.2. The summed E-state index contributed by atoms with van der Waals surface area (Å²) in [7, 11) is 0. The van der Waals surface area contributed by atoms with Crippen molar-refractivity contribution in [2.45, 2.75) is 32.5 Å². The normalized spacial score (nSPS) is 16.4. The Bertz CT molecular complexity index is 527. The lowest BCUT2D eigenvalue weighted by atomic mass is 10.1. The van der Waals surface area contributed by atoms with Crippen LogP contribution in [0.4, 0.5) is 0 Å². The van der Waals surface area contributed by atoms with Gasteiger partial charge in [0.25, 0.3) is 0 Å². The van der Waals surface area contributed by atoms with E-state index in [1.54, 1.807) is 0 Å². The molecular formula is C16H21N3O. The van der Waals surface area contributed by atoms with Crippen LogP contribution in [0.15, 0.2) is 42.7 Å². The molecular weight excluding hydrogens is 250 g/mol. The number of hydrogen-bond donors (Lipinski definition) is 0. The van der Waals surface area contributed by atoms with Gasteiger partial charge in [0.05, 0.1) is 12.1 Å². The maximum atomic E-state index is 5.66. The monoisotopic (exact) mass is 271 g/mol. The van der Waals surface area contributed by atoms with Gasteiger partial charge >= 0.3 is 0 Å². The summed E-state index contributed by atoms with van der Waals surface area (Å²) >= 11 is 0. The highest BCUT2D eigenvalue weighted by Crippen LogP contribution is 2.23. The molecule has 2 aromatic rings. The SMILES string of the molecule is CC(C)Oc1ccc(CN2CC(n3cccn3)C2)cc1. The van der Waals surface area contributed by atoms with Crippen molar-refractivity contribution in [3.63, 3.8) is 0 Å². The highest BCUT2D eigenvalue weighted by atomic mass is 16.5. The van der Waals surface area contributed by atoms with Crippen LogP contribution in [0.5, 0.6) is 5.75 Å². The predicted molar refractivity (Wildman–Crippen MR) is 78.7 cm³/mol. The Morgan fingerprint density at radius 3 is 2.60 bits per heavy atom. The summed E-state index contributed by atoms with van der Waals surface area (Å²) in [4.78, 5) is 2.44. The van der Waals surface area contributed by atoms with Gasteiger partial charge < -0.3 is 4.74 Å². The van der Waals surface area contributed by atoms with Crippen LogP contribution in [0.25, 0.3) is 0 Å². The highest BCUT2D eigenvalue weighted by molar-refractivity contribution is 5.27. The van der Waals surface area contributed by atoms with Gasteiger partial charge in [-0.15, -0.1) is 0 Å². The molecule has 4 nitrogen and oxygen atoms in total. The van der Waals surface area contributed by atoms with E-state index in [1.807, 2.05) is 32.3 Å². The van der Waals surface area contributed by atoms with Gasteiger partial charge in [-0.25, -0.2) is 0 Å². The molecule has 1 aromatic carbocycles. The predicted octanol–water partition coefficient (Wildman–Crippen LogP) is 2.73. The summed E-state index contributed by atoms with van der Waals surface area (Å²) in [5, 5.41) is 4.29. The van der Waals surface area contributed by atoms with Gasteiger partial charge in [0.1, 0.15) is 5.75 Å². The Labute approximate surface area is 120 Å². The standard InChI is InChI=1S/C16H21N3O/c1-13(2)20-16-6-4-14(5-7-16)10-18-11-15(12-18)19-9-3-8-17-19/h3-9,13,15H,10-12H2,1-2H3. The summed E-state index contributed by atoms with van der Waals surface area (Å²) in [6.07, 6.45) is 4.11. The van der Waals surface area contributed by atoms with E-state index < -0.39 is 0 Å². The van der Waals surface area contributed by atoms with Crippen LogP contribution >= 0.6 is 0 Å². The van der Waals surface area contributed by atoms with Gasteiger partial charge in [-0.1, -0.05) is 12.1 Å². The topological polar surface area (TPSA) is 30.3 Å². The fourth-order valence-electron chi connectivity index (χ4n) is 2.54. The van der Waals surface area contributed by atoms with Gasteiger partial charge in [0.15, 0.2) is 0 Å². The number of aromatic nitrogens is 2. The van der Waals surface area contributed by atoms with Crippen LogP contribution in [-0.4, -0.2) is 33.9 Å². The molecule has 1 aliphatic rings. The number of hydrogen-bond acceptors (Lipinski definition) is 3. The molecule has 0 atom stereocenters. The molecule has 0 radical (unpaired) electrons. The third-order valence-corrected chi connectivity index (χ3v) is 3.54. The summed E-state index contributed by atoms with van der Waals surface area (Å²) in [6.45, 7) is 7.24. The molecule has 106 valence electrons. The van der Waals surface area contributed by atoms with Gasteiger partial charge in [0, 0.05) is 32.0 Å². The van der Waals surface area contributed by atoms with Gasteiger partial charge in [-0.05, 0) is 37.6 Å². The van der Waals surface area contributed by atoms with E-state index in [0.717, 1.165) is 25.4 Å². The van der Waals surface area contributed by atoms with Crippen molar-refractivity contribution in [1.29, 1.82) is 0 Å². The Kier molecular flexibility index (Phi) is 3.74. The lowest BCUT2D eigenvalue weighted by molar-refractivity contribution is 0.0909. The second kappa shape index (κ2) is 5.67. The lowest BCUT2D eigenvalue weighted by Crippen LogP contribution is -2.47. The maximum Gasteiger partial charge on any atom is 0.119 e. The molecule has 0 spiro atoms. The van der Waals surface area contributed by atoms with E-state index in [-0.39, 0.29) is 6.10 Å². The van der Waals surface area contributed by atoms with E-state index in [9.17, 15) is 0 Å². The fraction of sp³-hybridized carbons (Fsp3) is 0.438. The smallest absolute Gasteiger partial charge is 0.119 e. The minimum absolute atomic E-state index is 0.228. The Balaban J connectivity index is 1.50. The van der Waals surface area contributed by atoms with Crippen molar-refractivity contribution in [2.24, 2.45) is 0 Å². The van der Waals surface area contributed by atoms with Gasteiger partial charge in [0.2, 0.25) is 0 Å². The molecule has 3 rings (SSSR count). The van der Waals surface area contributed by atoms with Crippen LogP contribution in [0.1, 0.15) is 25.5 Å². The molecule has 0 amide bonds. The molecule has 0 unspecified atom stereocenters. The molecule has 4 heteroatoms. The maximum absolute atomic E-state index is 5.66. The van der Waals surface area contributed by atoms with Crippen LogP contribution in [-0.2, 0) is 6.54 Å². The van der Waals surface area contributed by atoms with E-state index >= 15 is 0 Å². The van der Waals surface area contributed by atoms with Crippen molar-refractivity contribution in [3.05, 3.63) is 48.3 Å². The quantitative estimate of drug-likeness (QED) is 0.837. The number of likely N-dealkylation sites (tertiary alicyclic amines) is 1. The van der Waals surface area contributed by atoms with Crippen molar-refractivity contribution in [2.75, 3.05) is 13.1 Å². The van der Waals surface area contributed by atoms with Crippen molar-refractivity contribution in [1.82, 2.24) is 14.7 Å². The first-order chi connectivity index (χ1) is 9.70. The summed E-state index contributed by atoms with van der Waals surface area (Å²) < 4.78 is 7.71. The van der Waals surface area contributed by atoms with Crippen molar-refractivity contribution < 1.29 is 4.74 Å². The first-order valence-electron chi connectivity index (χ1n) is 7.18. The van der Waals surface area contributed by atoms with Gasteiger partial charge in [-0.3, -0.25) is 9.58 Å². The molecule has 20 heavy (non-hydrogen) atoms. The molecule has 0 bridgehead atoms. The second-order valence-corrected chi connectivity index (χ2v) is 5.64.